The van der Waals surface area contributed by atoms with Crippen LogP contribution in [-0.2, 0) is 24.1 Å². The van der Waals surface area contributed by atoms with Gasteiger partial charge in [-0.15, -0.1) is 0 Å². The van der Waals surface area contributed by atoms with Crippen molar-refractivity contribution in [3.05, 3.63) is 53.3 Å². The number of rotatable bonds is 5. The van der Waals surface area contributed by atoms with Crippen molar-refractivity contribution < 1.29 is 27.9 Å². The third-order valence-corrected chi connectivity index (χ3v) is 4.48. The molecule has 0 atom stereocenters. The molecule has 1 N–H and O–H groups in total. The molecule has 28 heavy (non-hydrogen) atoms. The SMILES string of the molecule is O=C(O)Cn1ccc(C(=O)N2CCN(Cc3cccc(C(F)(F)F)c3)CC2)n1. The van der Waals surface area contributed by atoms with E-state index in [-0.39, 0.29) is 18.1 Å². The monoisotopic (exact) mass is 396 g/mol. The van der Waals surface area contributed by atoms with Crippen LogP contribution in [0.25, 0.3) is 0 Å². The minimum Gasteiger partial charge on any atom is -0.480 e. The van der Waals surface area contributed by atoms with Crippen LogP contribution >= 0.6 is 0 Å². The van der Waals surface area contributed by atoms with E-state index in [1.807, 2.05) is 4.90 Å². The van der Waals surface area contributed by atoms with Crippen molar-refractivity contribution in [2.24, 2.45) is 0 Å². The molecule has 2 aromatic rings. The molecule has 150 valence electrons. The molecule has 1 aliphatic rings. The predicted molar refractivity (Wildman–Crippen MR) is 92.5 cm³/mol. The first-order valence-electron chi connectivity index (χ1n) is 8.65. The zero-order valence-electron chi connectivity index (χ0n) is 14.9. The minimum absolute atomic E-state index is 0.174. The van der Waals surface area contributed by atoms with E-state index in [1.165, 1.54) is 23.0 Å². The molecule has 2 heterocycles. The molecular formula is C18H19F3N4O3. The Balaban J connectivity index is 1.55. The van der Waals surface area contributed by atoms with E-state index < -0.39 is 17.7 Å². The summed E-state index contributed by atoms with van der Waals surface area (Å²) in [4.78, 5) is 26.8. The predicted octanol–water partition coefficient (Wildman–Crippen LogP) is 1.94. The summed E-state index contributed by atoms with van der Waals surface area (Å²) in [5.74, 6) is -1.34. The lowest BCUT2D eigenvalue weighted by Crippen LogP contribution is -2.48. The lowest BCUT2D eigenvalue weighted by molar-refractivity contribution is -0.138. The molecule has 1 amide bonds. The average Bonchev–Trinajstić information content (AvgIpc) is 3.09. The van der Waals surface area contributed by atoms with Gasteiger partial charge in [-0.2, -0.15) is 18.3 Å². The van der Waals surface area contributed by atoms with Crippen LogP contribution < -0.4 is 0 Å². The van der Waals surface area contributed by atoms with Crippen molar-refractivity contribution in [2.75, 3.05) is 26.2 Å². The second kappa shape index (κ2) is 8.01. The van der Waals surface area contributed by atoms with Gasteiger partial charge in [-0.3, -0.25) is 19.2 Å². The van der Waals surface area contributed by atoms with Gasteiger partial charge in [0.05, 0.1) is 5.56 Å². The van der Waals surface area contributed by atoms with Gasteiger partial charge in [0.25, 0.3) is 5.91 Å². The van der Waals surface area contributed by atoms with Crippen LogP contribution in [0, 0.1) is 0 Å². The molecule has 1 saturated heterocycles. The Labute approximate surface area is 159 Å². The number of alkyl halides is 3. The largest absolute Gasteiger partial charge is 0.480 e. The van der Waals surface area contributed by atoms with E-state index in [2.05, 4.69) is 5.10 Å². The molecule has 1 aromatic heterocycles. The number of carboxylic acid groups (broad SMARTS) is 1. The maximum absolute atomic E-state index is 12.8. The highest BCUT2D eigenvalue weighted by Gasteiger charge is 2.30. The summed E-state index contributed by atoms with van der Waals surface area (Å²) >= 11 is 0. The molecular weight excluding hydrogens is 377 g/mol. The summed E-state index contributed by atoms with van der Waals surface area (Å²) in [6, 6.07) is 6.71. The van der Waals surface area contributed by atoms with E-state index in [4.69, 9.17) is 5.11 Å². The van der Waals surface area contributed by atoms with Gasteiger partial charge in [0.2, 0.25) is 0 Å². The van der Waals surface area contributed by atoms with Crippen molar-refractivity contribution in [3.63, 3.8) is 0 Å². The highest BCUT2D eigenvalue weighted by atomic mass is 19.4. The number of hydrogen-bond donors (Lipinski definition) is 1. The summed E-state index contributed by atoms with van der Waals surface area (Å²) in [7, 11) is 0. The van der Waals surface area contributed by atoms with Gasteiger partial charge >= 0.3 is 12.1 Å². The van der Waals surface area contributed by atoms with Crippen molar-refractivity contribution >= 4 is 11.9 Å². The summed E-state index contributed by atoms with van der Waals surface area (Å²) in [5, 5.41) is 12.7. The Hall–Kier alpha value is -2.88. The van der Waals surface area contributed by atoms with E-state index >= 15 is 0 Å². The van der Waals surface area contributed by atoms with Gasteiger partial charge in [0.15, 0.2) is 0 Å². The second-order valence-electron chi connectivity index (χ2n) is 6.56. The molecule has 0 radical (unpaired) electrons. The maximum atomic E-state index is 12.8. The topological polar surface area (TPSA) is 78.7 Å². The average molecular weight is 396 g/mol. The first kappa shape index (κ1) is 19.9. The number of nitrogens with zero attached hydrogens (tertiary/aromatic N) is 4. The molecule has 3 rings (SSSR count). The van der Waals surface area contributed by atoms with Crippen LogP contribution in [0.5, 0.6) is 0 Å². The Morgan fingerprint density at radius 1 is 1.11 bits per heavy atom. The number of benzene rings is 1. The van der Waals surface area contributed by atoms with Gasteiger partial charge in [0, 0.05) is 38.9 Å². The molecule has 7 nitrogen and oxygen atoms in total. The molecule has 10 heteroatoms. The second-order valence-corrected chi connectivity index (χ2v) is 6.56. The van der Waals surface area contributed by atoms with Crippen molar-refractivity contribution in [1.82, 2.24) is 19.6 Å². The normalized spacial score (nSPS) is 15.6. The van der Waals surface area contributed by atoms with Gasteiger partial charge in [-0.25, -0.2) is 0 Å². The summed E-state index contributed by atoms with van der Waals surface area (Å²) in [6.07, 6.45) is -2.93. The van der Waals surface area contributed by atoms with Crippen LogP contribution in [-0.4, -0.2) is 62.7 Å². The molecule has 0 saturated carbocycles. The van der Waals surface area contributed by atoms with Gasteiger partial charge in [-0.05, 0) is 17.7 Å². The number of halogens is 3. The van der Waals surface area contributed by atoms with Crippen LogP contribution in [0.3, 0.4) is 0 Å². The van der Waals surface area contributed by atoms with Crippen LogP contribution in [0.15, 0.2) is 36.5 Å². The lowest BCUT2D eigenvalue weighted by Gasteiger charge is -2.34. The molecule has 0 aliphatic carbocycles. The van der Waals surface area contributed by atoms with Crippen LogP contribution in [0.2, 0.25) is 0 Å². The van der Waals surface area contributed by atoms with Crippen LogP contribution in [0.4, 0.5) is 13.2 Å². The number of hydrogen-bond acceptors (Lipinski definition) is 4. The van der Waals surface area contributed by atoms with E-state index in [9.17, 15) is 22.8 Å². The smallest absolute Gasteiger partial charge is 0.416 e. The highest BCUT2D eigenvalue weighted by molar-refractivity contribution is 5.92. The molecule has 0 unspecified atom stereocenters. The Morgan fingerprint density at radius 2 is 1.82 bits per heavy atom. The molecule has 1 aliphatic heterocycles. The zero-order valence-corrected chi connectivity index (χ0v) is 14.9. The maximum Gasteiger partial charge on any atom is 0.416 e. The van der Waals surface area contributed by atoms with E-state index in [1.54, 1.807) is 11.0 Å². The Morgan fingerprint density at radius 3 is 2.46 bits per heavy atom. The van der Waals surface area contributed by atoms with Crippen molar-refractivity contribution in [1.29, 1.82) is 0 Å². The lowest BCUT2D eigenvalue weighted by atomic mass is 10.1. The summed E-state index contributed by atoms with van der Waals surface area (Å²) in [5.41, 5.74) is 0.0744. The fraction of sp³-hybridized carbons (Fsp3) is 0.389. The highest BCUT2D eigenvalue weighted by Crippen LogP contribution is 2.29. The van der Waals surface area contributed by atoms with Crippen LogP contribution in [0.1, 0.15) is 21.6 Å². The van der Waals surface area contributed by atoms with E-state index in [0.717, 1.165) is 12.1 Å². The third-order valence-electron chi connectivity index (χ3n) is 4.48. The molecule has 1 fully saturated rings. The number of piperazine rings is 1. The number of amides is 1. The van der Waals surface area contributed by atoms with Gasteiger partial charge in [-0.1, -0.05) is 18.2 Å². The first-order valence-corrected chi connectivity index (χ1v) is 8.65. The van der Waals surface area contributed by atoms with Gasteiger partial charge in [0.1, 0.15) is 12.2 Å². The van der Waals surface area contributed by atoms with Gasteiger partial charge < -0.3 is 10.0 Å². The third kappa shape index (κ3) is 4.89. The molecule has 0 bridgehead atoms. The van der Waals surface area contributed by atoms with E-state index in [0.29, 0.717) is 38.3 Å². The number of aliphatic carboxylic acids is 1. The number of aromatic nitrogens is 2. The molecule has 1 aromatic carbocycles. The fourth-order valence-corrected chi connectivity index (χ4v) is 3.08. The fourth-order valence-electron chi connectivity index (χ4n) is 3.08. The summed E-state index contributed by atoms with van der Waals surface area (Å²) < 4.78 is 39.6. The molecule has 0 spiro atoms. The number of carbonyl (C=O) groups excluding carboxylic acids is 1. The Kier molecular flexibility index (Phi) is 5.68. The zero-order chi connectivity index (χ0) is 20.3. The minimum atomic E-state index is -4.37. The first-order chi connectivity index (χ1) is 13.2. The summed E-state index contributed by atoms with van der Waals surface area (Å²) in [6.45, 7) is 1.94. The standard InChI is InChI=1S/C18H19F3N4O3/c19-18(20,21)14-3-1-2-13(10-14)11-23-6-8-24(9-7-23)17(28)15-4-5-25(22-15)12-16(26)27/h1-5,10H,6-9,11-12H2,(H,26,27). The number of carbonyl (C=O) groups is 2. The van der Waals surface area contributed by atoms with Crippen molar-refractivity contribution in [2.45, 2.75) is 19.3 Å². The quantitative estimate of drug-likeness (QED) is 0.836. The Bertz CT molecular complexity index is 858. The number of carboxylic acids is 1. The van der Waals surface area contributed by atoms with Crippen molar-refractivity contribution in [3.8, 4) is 0 Å².